The second-order valence-electron chi connectivity index (χ2n) is 7.74. The molecule has 1 aromatic heterocycles. The molecule has 176 valence electrons. The molecule has 4 rings (SSSR count). The molecule has 0 fully saturated rings. The predicted molar refractivity (Wildman–Crippen MR) is 123 cm³/mol. The fourth-order valence-corrected chi connectivity index (χ4v) is 3.75. The number of nitrogens with zero attached hydrogens (tertiary/aromatic N) is 4. The number of ether oxygens (including phenoxy) is 1. The quantitative estimate of drug-likeness (QED) is 0.538. The molecule has 0 saturated carbocycles. The Morgan fingerprint density at radius 3 is 2.44 bits per heavy atom. The number of carbonyl (C=O) groups excluding carboxylic acids is 1. The Kier molecular flexibility index (Phi) is 6.47. The van der Waals surface area contributed by atoms with Crippen LogP contribution in [0.1, 0.15) is 28.0 Å². The average Bonchev–Trinajstić information content (AvgIpc) is 3.16. The fourth-order valence-electron chi connectivity index (χ4n) is 3.75. The molecule has 0 radical (unpaired) electrons. The van der Waals surface area contributed by atoms with Gasteiger partial charge in [0.15, 0.2) is 0 Å². The zero-order valence-corrected chi connectivity index (χ0v) is 18.4. The Morgan fingerprint density at radius 2 is 1.76 bits per heavy atom. The molecule has 1 amide bonds. The van der Waals surface area contributed by atoms with Crippen LogP contribution in [-0.2, 0) is 12.7 Å². The third kappa shape index (κ3) is 4.43. The number of para-hydroxylation sites is 1. The van der Waals surface area contributed by atoms with Crippen molar-refractivity contribution >= 4 is 24.9 Å². The van der Waals surface area contributed by atoms with Crippen molar-refractivity contribution in [3.8, 4) is 11.8 Å². The van der Waals surface area contributed by atoms with Gasteiger partial charge in [0, 0.05) is 0 Å². The summed E-state index contributed by atoms with van der Waals surface area (Å²) in [5.41, 5.74) is 0.364. The predicted octanol–water partition coefficient (Wildman–Crippen LogP) is 3.01. The van der Waals surface area contributed by atoms with E-state index in [1.807, 2.05) is 30.3 Å². The Hall–Kier alpha value is -3.60. The monoisotopic (exact) mass is 470 g/mol. The summed E-state index contributed by atoms with van der Waals surface area (Å²) < 4.78 is 47.9. The number of aromatic nitrogens is 2. The van der Waals surface area contributed by atoms with Crippen LogP contribution in [0.5, 0.6) is 11.8 Å². The van der Waals surface area contributed by atoms with Crippen molar-refractivity contribution < 1.29 is 27.8 Å². The molecule has 0 spiro atoms. The number of rotatable bonds is 7. The van der Waals surface area contributed by atoms with Crippen molar-refractivity contribution in [3.63, 3.8) is 0 Å². The number of aliphatic hydroxyl groups excluding tert-OH is 1. The van der Waals surface area contributed by atoms with Gasteiger partial charge in [0.1, 0.15) is 0 Å². The van der Waals surface area contributed by atoms with Crippen LogP contribution >= 0.6 is 0 Å². The molecular formula is C23H22BF3N4O3. The second-order valence-corrected chi connectivity index (χ2v) is 7.74. The van der Waals surface area contributed by atoms with Crippen LogP contribution in [0.25, 0.3) is 0 Å². The standard InChI is InChI=1S/C23H22BF3N4O3/c1-29-19-18(20(33)30(21(29)24)12-7-13-32)31(14-15-8-3-2-4-9-15)22(28-19)34-17-11-6-5-10-16(17)23(25,26)27/h2-6,8-11,24,32H,7,12-14H2,1H3. The van der Waals surface area contributed by atoms with Crippen LogP contribution in [0, 0.1) is 0 Å². The first kappa shape index (κ1) is 23.6. The van der Waals surface area contributed by atoms with Crippen LogP contribution in [0.3, 0.4) is 0 Å². The van der Waals surface area contributed by atoms with E-state index in [0.29, 0.717) is 12.1 Å². The summed E-state index contributed by atoms with van der Waals surface area (Å²) in [5.74, 6) is -0.614. The second kappa shape index (κ2) is 9.34. The minimum absolute atomic E-state index is 0.112. The van der Waals surface area contributed by atoms with E-state index >= 15 is 0 Å². The molecule has 0 atom stereocenters. The molecule has 1 N–H and O–H groups in total. The number of fused-ring (bicyclic) bond motifs is 1. The molecule has 1 aliphatic rings. The van der Waals surface area contributed by atoms with Crippen molar-refractivity contribution in [1.82, 2.24) is 14.5 Å². The number of aliphatic hydroxyl groups is 1. The van der Waals surface area contributed by atoms with Gasteiger partial charge in [-0.05, 0) is 0 Å². The Balaban J connectivity index is 1.84. The number of imidazole rings is 1. The molecule has 3 aromatic rings. The molecule has 0 unspecified atom stereocenters. The van der Waals surface area contributed by atoms with E-state index in [9.17, 15) is 23.1 Å². The third-order valence-electron chi connectivity index (χ3n) is 5.50. The van der Waals surface area contributed by atoms with Gasteiger partial charge in [0.25, 0.3) is 0 Å². The van der Waals surface area contributed by atoms with E-state index in [0.717, 1.165) is 11.6 Å². The van der Waals surface area contributed by atoms with E-state index in [2.05, 4.69) is 12.5 Å². The van der Waals surface area contributed by atoms with Crippen LogP contribution in [0.4, 0.5) is 19.0 Å². The van der Waals surface area contributed by atoms with Gasteiger partial charge >= 0.3 is 195 Å². The Bertz CT molecular complexity index is 1210. The first-order valence-electron chi connectivity index (χ1n) is 10.6. The maximum absolute atomic E-state index is 13.6. The van der Waals surface area contributed by atoms with Gasteiger partial charge in [-0.25, -0.2) is 0 Å². The normalized spacial score (nSPS) is 13.9. The first-order valence-corrected chi connectivity index (χ1v) is 10.6. The van der Waals surface area contributed by atoms with Crippen LogP contribution in [0.15, 0.2) is 54.6 Å². The maximum atomic E-state index is 13.6. The van der Waals surface area contributed by atoms with Gasteiger partial charge in [-0.15, -0.1) is 0 Å². The van der Waals surface area contributed by atoms with Crippen LogP contribution in [0.2, 0.25) is 0 Å². The zero-order valence-electron chi connectivity index (χ0n) is 18.4. The summed E-state index contributed by atoms with van der Waals surface area (Å²) in [6.07, 6.45) is -4.29. The summed E-state index contributed by atoms with van der Waals surface area (Å²) in [7, 11) is 5.60. The van der Waals surface area contributed by atoms with E-state index in [1.54, 1.807) is 11.9 Å². The Morgan fingerprint density at radius 1 is 1.09 bits per heavy atom. The zero-order chi connectivity index (χ0) is 24.5. The van der Waals surface area contributed by atoms with E-state index in [-0.39, 0.29) is 37.2 Å². The fraction of sp³-hybridized carbons (Fsp3) is 0.261. The molecule has 0 aliphatic carbocycles. The van der Waals surface area contributed by atoms with E-state index < -0.39 is 23.4 Å². The number of hydrogen-bond acceptors (Lipinski definition) is 5. The van der Waals surface area contributed by atoms with Crippen molar-refractivity contribution in [1.29, 1.82) is 0 Å². The number of hydrogen-bond donors (Lipinski definition) is 1. The molecule has 7 nitrogen and oxygen atoms in total. The summed E-state index contributed by atoms with van der Waals surface area (Å²) in [5, 5.41) is 9.23. The molecule has 2 heterocycles. The number of carbonyl (C=O) groups is 1. The van der Waals surface area contributed by atoms with Crippen molar-refractivity contribution in [2.24, 2.45) is 0 Å². The van der Waals surface area contributed by atoms with Gasteiger partial charge in [-0.3, -0.25) is 0 Å². The SMILES string of the molecule is B=C1N(CCCO)C(=O)c2c(nc(Oc3ccccc3C(F)(F)F)n2Cc2ccccc2)N1C. The van der Waals surface area contributed by atoms with Gasteiger partial charge in [0.05, 0.1) is 0 Å². The van der Waals surface area contributed by atoms with E-state index in [4.69, 9.17) is 4.74 Å². The summed E-state index contributed by atoms with van der Waals surface area (Å²) >= 11 is 0. The average molecular weight is 470 g/mol. The third-order valence-corrected chi connectivity index (χ3v) is 5.50. The van der Waals surface area contributed by atoms with Gasteiger partial charge in [-0.2, -0.15) is 0 Å². The van der Waals surface area contributed by atoms with Crippen molar-refractivity contribution in [2.45, 2.75) is 19.1 Å². The number of halogens is 3. The van der Waals surface area contributed by atoms with Crippen molar-refractivity contribution in [2.75, 3.05) is 25.1 Å². The van der Waals surface area contributed by atoms with Crippen LogP contribution < -0.4 is 9.64 Å². The molecule has 0 saturated heterocycles. The summed E-state index contributed by atoms with van der Waals surface area (Å²) in [4.78, 5) is 20.8. The molecule has 1 aliphatic heterocycles. The van der Waals surface area contributed by atoms with Gasteiger partial charge < -0.3 is 0 Å². The minimum atomic E-state index is -4.63. The first-order chi connectivity index (χ1) is 16.2. The molecule has 11 heteroatoms. The molecule has 34 heavy (non-hydrogen) atoms. The number of alkyl halides is 3. The molecular weight excluding hydrogens is 448 g/mol. The van der Waals surface area contributed by atoms with Crippen molar-refractivity contribution in [3.05, 3.63) is 71.4 Å². The number of benzene rings is 2. The number of amides is 1. The van der Waals surface area contributed by atoms with Gasteiger partial charge in [-0.1, -0.05) is 0 Å². The van der Waals surface area contributed by atoms with Gasteiger partial charge in [0.2, 0.25) is 0 Å². The Labute approximate surface area is 195 Å². The summed E-state index contributed by atoms with van der Waals surface area (Å²) in [6, 6.07) is 13.8. The number of anilines is 1. The van der Waals surface area contributed by atoms with E-state index in [1.165, 1.54) is 27.7 Å². The molecule has 2 aromatic carbocycles. The van der Waals surface area contributed by atoms with Crippen LogP contribution in [-0.4, -0.2) is 58.9 Å². The molecule has 0 bridgehead atoms. The topological polar surface area (TPSA) is 70.8 Å². The summed E-state index contributed by atoms with van der Waals surface area (Å²) in [6.45, 7) is 0.258.